The number of rotatable bonds is 7. The van der Waals surface area contributed by atoms with Crippen LogP contribution in [-0.4, -0.2) is 56.0 Å². The molecular formula is C23H26Cl2N4O3. The third kappa shape index (κ3) is 5.22. The van der Waals surface area contributed by atoms with Crippen molar-refractivity contribution in [2.24, 2.45) is 0 Å². The van der Waals surface area contributed by atoms with E-state index in [0.717, 1.165) is 56.1 Å². The Balaban J connectivity index is 1.53. The minimum atomic E-state index is -1.18. The topological polar surface area (TPSA) is 73.9 Å². The number of ether oxygens (including phenoxy) is 1. The van der Waals surface area contributed by atoms with Crippen molar-refractivity contribution in [2.45, 2.75) is 23.7 Å². The first kappa shape index (κ1) is 22.6. The van der Waals surface area contributed by atoms with Gasteiger partial charge >= 0.3 is 0 Å². The fourth-order valence-corrected chi connectivity index (χ4v) is 3.95. The summed E-state index contributed by atoms with van der Waals surface area (Å²) in [7, 11) is 1.68. The lowest BCUT2D eigenvalue weighted by Gasteiger charge is -2.38. The van der Waals surface area contributed by atoms with E-state index >= 15 is 0 Å². The second kappa shape index (κ2) is 9.88. The van der Waals surface area contributed by atoms with Crippen molar-refractivity contribution in [1.82, 2.24) is 5.32 Å². The van der Waals surface area contributed by atoms with Crippen molar-refractivity contribution in [3.05, 3.63) is 48.0 Å². The number of amides is 2. The molecule has 32 heavy (non-hydrogen) atoms. The number of nitrogens with zero attached hydrogens (tertiary/aromatic N) is 2. The number of carbonyl (C=O) groups excluding carboxylic acids is 2. The molecule has 0 aromatic heterocycles. The van der Waals surface area contributed by atoms with Gasteiger partial charge in [-0.15, -0.1) is 0 Å². The van der Waals surface area contributed by atoms with Gasteiger partial charge in [0.25, 0.3) is 11.8 Å². The van der Waals surface area contributed by atoms with Gasteiger partial charge in [-0.2, -0.15) is 0 Å². The quantitative estimate of drug-likeness (QED) is 0.596. The first-order valence-electron chi connectivity index (χ1n) is 10.6. The first-order chi connectivity index (χ1) is 15.5. The molecule has 2 N–H and O–H groups in total. The number of piperazine rings is 1. The van der Waals surface area contributed by atoms with Crippen LogP contribution in [0.2, 0.25) is 0 Å². The molecule has 170 valence electrons. The van der Waals surface area contributed by atoms with E-state index in [9.17, 15) is 9.59 Å². The molecule has 0 atom stereocenters. The molecule has 4 rings (SSSR count). The molecule has 2 amide bonds. The predicted molar refractivity (Wildman–Crippen MR) is 128 cm³/mol. The molecule has 9 heteroatoms. The molecule has 2 aromatic rings. The fraction of sp³-hybridized carbons (Fsp3) is 0.391. The van der Waals surface area contributed by atoms with Gasteiger partial charge in [0.15, 0.2) is 4.84 Å². The summed E-state index contributed by atoms with van der Waals surface area (Å²) in [6, 6.07) is 13.5. The summed E-state index contributed by atoms with van der Waals surface area (Å²) in [5, 5.41) is 5.70. The largest absolute Gasteiger partial charge is 0.495 e. The second-order valence-corrected chi connectivity index (χ2v) is 9.01. The van der Waals surface area contributed by atoms with Crippen molar-refractivity contribution in [3.8, 4) is 5.75 Å². The summed E-state index contributed by atoms with van der Waals surface area (Å²) >= 11 is 11.3. The third-order valence-corrected chi connectivity index (χ3v) is 6.06. The number of halogens is 2. The molecule has 7 nitrogen and oxygen atoms in total. The van der Waals surface area contributed by atoms with Crippen molar-refractivity contribution in [3.63, 3.8) is 0 Å². The zero-order valence-electron chi connectivity index (χ0n) is 17.8. The molecule has 2 fully saturated rings. The molecule has 1 heterocycles. The van der Waals surface area contributed by atoms with Gasteiger partial charge in [0.2, 0.25) is 0 Å². The maximum Gasteiger partial charge on any atom is 0.257 e. The van der Waals surface area contributed by atoms with Gasteiger partial charge in [-0.1, -0.05) is 35.3 Å². The highest BCUT2D eigenvalue weighted by Gasteiger charge is 2.28. The van der Waals surface area contributed by atoms with Gasteiger partial charge in [0, 0.05) is 43.6 Å². The molecule has 0 radical (unpaired) electrons. The number of methoxy groups -OCH3 is 1. The number of anilines is 3. The SMILES string of the molecule is COc1ccccc1N1CCN(c2ccc(NC(=O)C(Cl)Cl)cc2C(=O)NC2CC2)CC1. The van der Waals surface area contributed by atoms with E-state index in [4.69, 9.17) is 27.9 Å². The number of benzene rings is 2. The van der Waals surface area contributed by atoms with Crippen LogP contribution in [0.3, 0.4) is 0 Å². The Bertz CT molecular complexity index is 989. The minimum Gasteiger partial charge on any atom is -0.495 e. The summed E-state index contributed by atoms with van der Waals surface area (Å²) in [5.74, 6) is 0.182. The molecule has 2 aromatic carbocycles. The fourth-order valence-electron chi connectivity index (χ4n) is 3.84. The summed E-state index contributed by atoms with van der Waals surface area (Å²) < 4.78 is 5.50. The number of carbonyl (C=O) groups is 2. The Kier molecular flexibility index (Phi) is 6.96. The average molecular weight is 477 g/mol. The van der Waals surface area contributed by atoms with Crippen LogP contribution in [0.1, 0.15) is 23.2 Å². The number of hydrogen-bond donors (Lipinski definition) is 2. The Morgan fingerprint density at radius 1 is 1.00 bits per heavy atom. The Hall–Kier alpha value is -2.64. The van der Waals surface area contributed by atoms with Gasteiger partial charge in [-0.05, 0) is 43.2 Å². The maximum absolute atomic E-state index is 13.0. The zero-order valence-corrected chi connectivity index (χ0v) is 19.3. The summed E-state index contributed by atoms with van der Waals surface area (Å²) in [6.45, 7) is 3.09. The van der Waals surface area contributed by atoms with Crippen molar-refractivity contribution in [1.29, 1.82) is 0 Å². The third-order valence-electron chi connectivity index (χ3n) is 5.67. The van der Waals surface area contributed by atoms with Crippen LogP contribution < -0.4 is 25.2 Å². The Morgan fingerprint density at radius 3 is 2.28 bits per heavy atom. The predicted octanol–water partition coefficient (Wildman–Crippen LogP) is 3.66. The molecule has 1 aliphatic carbocycles. The maximum atomic E-state index is 13.0. The van der Waals surface area contributed by atoms with Crippen LogP contribution in [0, 0.1) is 0 Å². The van der Waals surface area contributed by atoms with Crippen molar-refractivity contribution >= 4 is 52.1 Å². The van der Waals surface area contributed by atoms with Crippen LogP contribution in [-0.2, 0) is 4.79 Å². The molecular weight excluding hydrogens is 451 g/mol. The summed E-state index contributed by atoms with van der Waals surface area (Å²) in [4.78, 5) is 28.2. The molecule has 2 aliphatic rings. The molecule has 0 spiro atoms. The minimum absolute atomic E-state index is 0.140. The highest BCUT2D eigenvalue weighted by molar-refractivity contribution is 6.54. The van der Waals surface area contributed by atoms with Gasteiger partial charge in [0.1, 0.15) is 5.75 Å². The normalized spacial score (nSPS) is 16.1. The van der Waals surface area contributed by atoms with E-state index in [1.165, 1.54) is 0 Å². The van der Waals surface area contributed by atoms with E-state index < -0.39 is 10.7 Å². The Morgan fingerprint density at radius 2 is 1.66 bits per heavy atom. The van der Waals surface area contributed by atoms with E-state index in [1.807, 2.05) is 24.3 Å². The highest BCUT2D eigenvalue weighted by Crippen LogP contribution is 2.31. The monoisotopic (exact) mass is 476 g/mol. The van der Waals surface area contributed by atoms with Crippen LogP contribution in [0.5, 0.6) is 5.75 Å². The first-order valence-corrected chi connectivity index (χ1v) is 11.5. The number of alkyl halides is 2. The van der Waals surface area contributed by atoms with Crippen LogP contribution >= 0.6 is 23.2 Å². The van der Waals surface area contributed by atoms with E-state index in [0.29, 0.717) is 11.3 Å². The van der Waals surface area contributed by atoms with Gasteiger partial charge in [-0.3, -0.25) is 9.59 Å². The van der Waals surface area contributed by atoms with Crippen molar-refractivity contribution < 1.29 is 14.3 Å². The van der Waals surface area contributed by atoms with Crippen LogP contribution in [0.15, 0.2) is 42.5 Å². The zero-order chi connectivity index (χ0) is 22.7. The van der Waals surface area contributed by atoms with Gasteiger partial charge in [0.05, 0.1) is 18.4 Å². The molecule has 0 unspecified atom stereocenters. The summed E-state index contributed by atoms with van der Waals surface area (Å²) in [6.07, 6.45) is 1.99. The van der Waals surface area contributed by atoms with E-state index in [-0.39, 0.29) is 11.9 Å². The molecule has 1 saturated heterocycles. The van der Waals surface area contributed by atoms with Crippen LogP contribution in [0.4, 0.5) is 17.1 Å². The molecule has 0 bridgehead atoms. The summed E-state index contributed by atoms with van der Waals surface area (Å²) in [5.41, 5.74) is 2.92. The smallest absolute Gasteiger partial charge is 0.257 e. The average Bonchev–Trinajstić information content (AvgIpc) is 3.63. The Labute approximate surface area is 197 Å². The second-order valence-electron chi connectivity index (χ2n) is 7.92. The number of nitrogens with one attached hydrogen (secondary N) is 2. The highest BCUT2D eigenvalue weighted by atomic mass is 35.5. The number of hydrogen-bond acceptors (Lipinski definition) is 5. The number of para-hydroxylation sites is 2. The van der Waals surface area contributed by atoms with Crippen molar-refractivity contribution in [2.75, 3.05) is 48.4 Å². The van der Waals surface area contributed by atoms with Crippen LogP contribution in [0.25, 0.3) is 0 Å². The molecule has 1 saturated carbocycles. The van der Waals surface area contributed by atoms with Gasteiger partial charge in [-0.25, -0.2) is 0 Å². The lowest BCUT2D eigenvalue weighted by atomic mass is 10.1. The van der Waals surface area contributed by atoms with E-state index in [1.54, 1.807) is 19.2 Å². The van der Waals surface area contributed by atoms with E-state index in [2.05, 4.69) is 26.5 Å². The lowest BCUT2D eigenvalue weighted by Crippen LogP contribution is -2.47. The standard InChI is InChI=1S/C23H26Cl2N4O3/c1-32-20-5-3-2-4-19(20)29-12-10-28(11-13-29)18-9-8-16(27-23(31)21(24)25)14-17(18)22(30)26-15-6-7-15/h2-5,8-9,14-15,21H,6-7,10-13H2,1H3,(H,26,30)(H,27,31). The lowest BCUT2D eigenvalue weighted by molar-refractivity contribution is -0.114. The molecule has 1 aliphatic heterocycles. The van der Waals surface area contributed by atoms with Gasteiger partial charge < -0.3 is 25.2 Å².